The number of rotatable bonds is 4. The Labute approximate surface area is 128 Å². The quantitative estimate of drug-likeness (QED) is 0.921. The molecular formula is C17H18BrNO. The SMILES string of the molecule is COc1ccc(Br)cc1CNC1Cc2ccccc2C1. The lowest BCUT2D eigenvalue weighted by Gasteiger charge is -2.14. The summed E-state index contributed by atoms with van der Waals surface area (Å²) >= 11 is 3.52. The van der Waals surface area contributed by atoms with Gasteiger partial charge in [0, 0.05) is 22.6 Å². The molecule has 0 fully saturated rings. The van der Waals surface area contributed by atoms with Gasteiger partial charge < -0.3 is 10.1 Å². The van der Waals surface area contributed by atoms with Crippen molar-refractivity contribution in [2.75, 3.05) is 7.11 Å². The highest BCUT2D eigenvalue weighted by Gasteiger charge is 2.20. The molecular weight excluding hydrogens is 314 g/mol. The van der Waals surface area contributed by atoms with E-state index < -0.39 is 0 Å². The third-order valence-electron chi connectivity index (χ3n) is 3.87. The molecule has 0 amide bonds. The average Bonchev–Trinajstić information content (AvgIpc) is 2.88. The summed E-state index contributed by atoms with van der Waals surface area (Å²) in [5.74, 6) is 0.941. The Bertz CT molecular complexity index is 587. The molecule has 0 bridgehead atoms. The normalized spacial score (nSPS) is 14.3. The summed E-state index contributed by atoms with van der Waals surface area (Å²) in [4.78, 5) is 0. The summed E-state index contributed by atoms with van der Waals surface area (Å²) in [6.45, 7) is 0.835. The maximum atomic E-state index is 5.42. The van der Waals surface area contributed by atoms with Crippen LogP contribution in [0.15, 0.2) is 46.9 Å². The summed E-state index contributed by atoms with van der Waals surface area (Å²) < 4.78 is 6.50. The molecule has 2 aromatic rings. The van der Waals surface area contributed by atoms with Crippen LogP contribution >= 0.6 is 15.9 Å². The summed E-state index contributed by atoms with van der Waals surface area (Å²) in [6.07, 6.45) is 2.24. The van der Waals surface area contributed by atoms with Gasteiger partial charge in [0.1, 0.15) is 5.75 Å². The number of ether oxygens (including phenoxy) is 1. The number of nitrogens with one attached hydrogen (secondary N) is 1. The standard InChI is InChI=1S/C17H18BrNO/c1-20-17-7-6-15(18)8-14(17)11-19-16-9-12-4-2-3-5-13(12)10-16/h2-8,16,19H,9-11H2,1H3. The van der Waals surface area contributed by atoms with Gasteiger partial charge in [-0.2, -0.15) is 0 Å². The highest BCUT2D eigenvalue weighted by Crippen LogP contribution is 2.25. The minimum Gasteiger partial charge on any atom is -0.496 e. The molecule has 0 unspecified atom stereocenters. The van der Waals surface area contributed by atoms with Crippen molar-refractivity contribution in [2.45, 2.75) is 25.4 Å². The van der Waals surface area contributed by atoms with Crippen LogP contribution in [0.25, 0.3) is 0 Å². The molecule has 1 aliphatic carbocycles. The van der Waals surface area contributed by atoms with E-state index in [1.165, 1.54) is 16.7 Å². The Morgan fingerprint density at radius 1 is 1.15 bits per heavy atom. The molecule has 0 heterocycles. The topological polar surface area (TPSA) is 21.3 Å². The molecule has 1 aliphatic rings. The smallest absolute Gasteiger partial charge is 0.123 e. The highest BCUT2D eigenvalue weighted by atomic mass is 79.9. The van der Waals surface area contributed by atoms with E-state index in [0.717, 1.165) is 29.6 Å². The Kier molecular flexibility index (Phi) is 4.08. The molecule has 104 valence electrons. The van der Waals surface area contributed by atoms with Crippen molar-refractivity contribution < 1.29 is 4.74 Å². The van der Waals surface area contributed by atoms with E-state index in [9.17, 15) is 0 Å². The van der Waals surface area contributed by atoms with Crippen LogP contribution in [-0.4, -0.2) is 13.2 Å². The molecule has 20 heavy (non-hydrogen) atoms. The number of fused-ring (bicyclic) bond motifs is 1. The molecule has 0 saturated heterocycles. The number of hydrogen-bond donors (Lipinski definition) is 1. The molecule has 1 N–H and O–H groups in total. The first-order chi connectivity index (χ1) is 9.76. The van der Waals surface area contributed by atoms with E-state index in [2.05, 4.69) is 51.6 Å². The molecule has 3 rings (SSSR count). The second-order valence-corrected chi connectivity index (χ2v) is 6.13. The molecule has 2 aromatic carbocycles. The third-order valence-corrected chi connectivity index (χ3v) is 4.37. The van der Waals surface area contributed by atoms with E-state index >= 15 is 0 Å². The lowest BCUT2D eigenvalue weighted by atomic mass is 10.1. The molecule has 0 saturated carbocycles. The van der Waals surface area contributed by atoms with E-state index in [1.807, 2.05) is 12.1 Å². The van der Waals surface area contributed by atoms with Crippen LogP contribution in [0.2, 0.25) is 0 Å². The fraction of sp³-hybridized carbons (Fsp3) is 0.294. The first kappa shape index (κ1) is 13.7. The third kappa shape index (κ3) is 2.89. The fourth-order valence-corrected chi connectivity index (χ4v) is 3.25. The number of benzene rings is 2. The zero-order chi connectivity index (χ0) is 13.9. The highest BCUT2D eigenvalue weighted by molar-refractivity contribution is 9.10. The van der Waals surface area contributed by atoms with Crippen molar-refractivity contribution in [1.82, 2.24) is 5.32 Å². The Morgan fingerprint density at radius 2 is 1.85 bits per heavy atom. The zero-order valence-corrected chi connectivity index (χ0v) is 13.1. The molecule has 0 radical (unpaired) electrons. The van der Waals surface area contributed by atoms with Crippen LogP contribution in [0.5, 0.6) is 5.75 Å². The first-order valence-corrected chi connectivity index (χ1v) is 7.68. The van der Waals surface area contributed by atoms with Gasteiger partial charge >= 0.3 is 0 Å². The van der Waals surface area contributed by atoms with Gasteiger partial charge in [-0.3, -0.25) is 0 Å². The van der Waals surface area contributed by atoms with Crippen molar-refractivity contribution in [2.24, 2.45) is 0 Å². The average molecular weight is 332 g/mol. The van der Waals surface area contributed by atoms with Crippen molar-refractivity contribution in [1.29, 1.82) is 0 Å². The zero-order valence-electron chi connectivity index (χ0n) is 11.5. The molecule has 0 aromatic heterocycles. The Balaban J connectivity index is 1.65. The van der Waals surface area contributed by atoms with Crippen LogP contribution in [0.3, 0.4) is 0 Å². The van der Waals surface area contributed by atoms with Crippen LogP contribution in [0, 0.1) is 0 Å². The van der Waals surface area contributed by atoms with Gasteiger partial charge in [-0.05, 0) is 42.2 Å². The largest absolute Gasteiger partial charge is 0.496 e. The molecule has 0 aliphatic heterocycles. The number of hydrogen-bond acceptors (Lipinski definition) is 2. The Hall–Kier alpha value is -1.32. The van der Waals surface area contributed by atoms with Gasteiger partial charge in [0.2, 0.25) is 0 Å². The van der Waals surface area contributed by atoms with Gasteiger partial charge in [0.05, 0.1) is 7.11 Å². The van der Waals surface area contributed by atoms with E-state index in [4.69, 9.17) is 4.74 Å². The summed E-state index contributed by atoms with van der Waals surface area (Å²) in [7, 11) is 1.72. The van der Waals surface area contributed by atoms with Crippen molar-refractivity contribution in [3.05, 3.63) is 63.6 Å². The van der Waals surface area contributed by atoms with Crippen molar-refractivity contribution >= 4 is 15.9 Å². The van der Waals surface area contributed by atoms with Crippen molar-refractivity contribution in [3.8, 4) is 5.75 Å². The number of methoxy groups -OCH3 is 1. The maximum absolute atomic E-state index is 5.42. The van der Waals surface area contributed by atoms with Gasteiger partial charge in [0.25, 0.3) is 0 Å². The Morgan fingerprint density at radius 3 is 2.50 bits per heavy atom. The van der Waals surface area contributed by atoms with E-state index in [1.54, 1.807) is 7.11 Å². The monoisotopic (exact) mass is 331 g/mol. The predicted octanol–water partition coefficient (Wildman–Crippen LogP) is 3.71. The maximum Gasteiger partial charge on any atom is 0.123 e. The van der Waals surface area contributed by atoms with E-state index in [0.29, 0.717) is 6.04 Å². The van der Waals surface area contributed by atoms with Crippen LogP contribution in [0.4, 0.5) is 0 Å². The van der Waals surface area contributed by atoms with Gasteiger partial charge in [-0.15, -0.1) is 0 Å². The lowest BCUT2D eigenvalue weighted by Crippen LogP contribution is -2.29. The van der Waals surface area contributed by atoms with Gasteiger partial charge in [-0.1, -0.05) is 40.2 Å². The number of halogens is 1. The molecule has 0 spiro atoms. The summed E-state index contributed by atoms with van der Waals surface area (Å²) in [6, 6.07) is 15.4. The lowest BCUT2D eigenvalue weighted by molar-refractivity contribution is 0.405. The molecule has 3 heteroatoms. The van der Waals surface area contributed by atoms with Crippen LogP contribution in [-0.2, 0) is 19.4 Å². The molecule has 2 nitrogen and oxygen atoms in total. The second-order valence-electron chi connectivity index (χ2n) is 5.21. The predicted molar refractivity (Wildman–Crippen MR) is 85.2 cm³/mol. The van der Waals surface area contributed by atoms with Gasteiger partial charge in [0.15, 0.2) is 0 Å². The summed E-state index contributed by atoms with van der Waals surface area (Å²) in [5.41, 5.74) is 4.15. The molecule has 0 atom stereocenters. The van der Waals surface area contributed by atoms with Crippen LogP contribution in [0.1, 0.15) is 16.7 Å². The van der Waals surface area contributed by atoms with Gasteiger partial charge in [-0.25, -0.2) is 0 Å². The first-order valence-electron chi connectivity index (χ1n) is 6.89. The van der Waals surface area contributed by atoms with Crippen LogP contribution < -0.4 is 10.1 Å². The van der Waals surface area contributed by atoms with E-state index in [-0.39, 0.29) is 0 Å². The summed E-state index contributed by atoms with van der Waals surface area (Å²) in [5, 5.41) is 3.65. The minimum atomic E-state index is 0.524. The van der Waals surface area contributed by atoms with Crippen molar-refractivity contribution in [3.63, 3.8) is 0 Å². The minimum absolute atomic E-state index is 0.524. The fourth-order valence-electron chi connectivity index (χ4n) is 2.84. The second kappa shape index (κ2) is 5.98.